The van der Waals surface area contributed by atoms with Crippen molar-refractivity contribution in [1.29, 1.82) is 0 Å². The van der Waals surface area contributed by atoms with Gasteiger partial charge in [-0.2, -0.15) is 0 Å². The van der Waals surface area contributed by atoms with E-state index in [-0.39, 0.29) is 5.54 Å². The van der Waals surface area contributed by atoms with Crippen LogP contribution in [0.15, 0.2) is 0 Å². The fraction of sp³-hybridized carbons (Fsp3) is 1.00. The average molecular weight is 130 g/mol. The lowest BCUT2D eigenvalue weighted by atomic mass is 10.0. The van der Waals surface area contributed by atoms with E-state index < -0.39 is 0 Å². The molecule has 0 aliphatic rings. The molecule has 0 rings (SSSR count). The minimum atomic E-state index is -0.0178. The van der Waals surface area contributed by atoms with E-state index in [4.69, 9.17) is 5.73 Å². The molecule has 0 spiro atoms. The Morgan fingerprint density at radius 3 is 2.33 bits per heavy atom. The molecule has 0 radical (unpaired) electrons. The number of rotatable bonds is 4. The summed E-state index contributed by atoms with van der Waals surface area (Å²) in [4.78, 5) is 0. The smallest absolute Gasteiger partial charge is 0.0249 e. The number of nitrogens with one attached hydrogen (secondary N) is 1. The molecule has 0 fully saturated rings. The van der Waals surface area contributed by atoms with Gasteiger partial charge in [0.2, 0.25) is 0 Å². The maximum absolute atomic E-state index is 5.84. The summed E-state index contributed by atoms with van der Waals surface area (Å²) in [6, 6.07) is 0. The first-order valence-corrected chi connectivity index (χ1v) is 3.62. The van der Waals surface area contributed by atoms with Crippen LogP contribution in [0.2, 0.25) is 0 Å². The highest BCUT2D eigenvalue weighted by atomic mass is 14.9. The summed E-state index contributed by atoms with van der Waals surface area (Å²) in [5, 5.41) is 3.21. The molecule has 0 aliphatic carbocycles. The van der Waals surface area contributed by atoms with Crippen LogP contribution in [0, 0.1) is 0 Å². The van der Waals surface area contributed by atoms with Crippen LogP contribution in [-0.2, 0) is 0 Å². The third-order valence-electron chi connectivity index (χ3n) is 1.59. The third kappa shape index (κ3) is 4.43. The lowest BCUT2D eigenvalue weighted by Gasteiger charge is -2.22. The maximum atomic E-state index is 5.84. The van der Waals surface area contributed by atoms with Gasteiger partial charge in [-0.05, 0) is 19.9 Å². The summed E-state index contributed by atoms with van der Waals surface area (Å²) in [6.45, 7) is 8.19. The van der Waals surface area contributed by atoms with Gasteiger partial charge >= 0.3 is 0 Å². The lowest BCUT2D eigenvalue weighted by Crippen LogP contribution is -2.45. The summed E-state index contributed by atoms with van der Waals surface area (Å²) < 4.78 is 0. The molecule has 9 heavy (non-hydrogen) atoms. The molecule has 0 bridgehead atoms. The van der Waals surface area contributed by atoms with E-state index in [2.05, 4.69) is 26.1 Å². The van der Waals surface area contributed by atoms with Gasteiger partial charge in [-0.25, -0.2) is 0 Å². The molecule has 0 aromatic carbocycles. The Morgan fingerprint density at radius 2 is 2.00 bits per heavy atom. The van der Waals surface area contributed by atoms with Gasteiger partial charge in [-0.3, -0.25) is 0 Å². The normalized spacial score (nSPS) is 17.3. The molecule has 0 saturated carbocycles. The van der Waals surface area contributed by atoms with Crippen molar-refractivity contribution in [2.45, 2.75) is 32.7 Å². The Kier molecular flexibility index (Phi) is 3.82. The van der Waals surface area contributed by atoms with Gasteiger partial charge in [0.15, 0.2) is 0 Å². The van der Waals surface area contributed by atoms with Crippen molar-refractivity contribution in [3.63, 3.8) is 0 Å². The van der Waals surface area contributed by atoms with E-state index in [1.807, 2.05) is 0 Å². The first kappa shape index (κ1) is 8.92. The number of hydrogen-bond acceptors (Lipinski definition) is 2. The molecule has 0 aromatic rings. The highest BCUT2D eigenvalue weighted by Crippen LogP contribution is 2.00. The Bertz CT molecular complexity index is 69.3. The Hall–Kier alpha value is -0.0800. The summed E-state index contributed by atoms with van der Waals surface area (Å²) in [6.07, 6.45) is 1.03. The molecule has 2 nitrogen and oxygen atoms in total. The van der Waals surface area contributed by atoms with Gasteiger partial charge in [0.1, 0.15) is 0 Å². The van der Waals surface area contributed by atoms with Crippen LogP contribution in [-0.4, -0.2) is 18.6 Å². The molecular weight excluding hydrogens is 112 g/mol. The molecule has 2 heteroatoms. The largest absolute Gasteiger partial charge is 0.324 e. The first-order chi connectivity index (χ1) is 4.12. The fourth-order valence-corrected chi connectivity index (χ4v) is 0.536. The summed E-state index contributed by atoms with van der Waals surface area (Å²) in [5.74, 6) is 0. The third-order valence-corrected chi connectivity index (χ3v) is 1.59. The molecule has 56 valence electrons. The van der Waals surface area contributed by atoms with Gasteiger partial charge in [-0.1, -0.05) is 13.8 Å². The molecular formula is C7H18N2. The molecule has 0 aromatic heterocycles. The molecule has 0 heterocycles. The molecule has 0 aliphatic heterocycles. The van der Waals surface area contributed by atoms with E-state index in [0.717, 1.165) is 19.5 Å². The lowest BCUT2D eigenvalue weighted by molar-refractivity contribution is 0.422. The zero-order valence-corrected chi connectivity index (χ0v) is 6.70. The minimum absolute atomic E-state index is 0.0178. The molecule has 1 atom stereocenters. The van der Waals surface area contributed by atoms with Crippen LogP contribution in [0.1, 0.15) is 27.2 Å². The van der Waals surface area contributed by atoms with E-state index in [9.17, 15) is 0 Å². The van der Waals surface area contributed by atoms with Crippen molar-refractivity contribution in [2.24, 2.45) is 5.73 Å². The van der Waals surface area contributed by atoms with Crippen LogP contribution in [0.5, 0.6) is 0 Å². The molecule has 0 saturated heterocycles. The second-order valence-corrected chi connectivity index (χ2v) is 2.79. The minimum Gasteiger partial charge on any atom is -0.324 e. The summed E-state index contributed by atoms with van der Waals surface area (Å²) in [7, 11) is 0. The van der Waals surface area contributed by atoms with Crippen LogP contribution in [0.25, 0.3) is 0 Å². The predicted octanol–water partition coefficient (Wildman–Crippen LogP) is 0.723. The van der Waals surface area contributed by atoms with E-state index in [1.165, 1.54) is 0 Å². The molecule has 3 N–H and O–H groups in total. The van der Waals surface area contributed by atoms with E-state index in [0.29, 0.717) is 0 Å². The zero-order valence-electron chi connectivity index (χ0n) is 6.70. The molecule has 0 amide bonds. The zero-order chi connectivity index (χ0) is 7.33. The van der Waals surface area contributed by atoms with Crippen molar-refractivity contribution < 1.29 is 0 Å². The van der Waals surface area contributed by atoms with Crippen LogP contribution in [0.4, 0.5) is 0 Å². The van der Waals surface area contributed by atoms with Crippen molar-refractivity contribution in [3.05, 3.63) is 0 Å². The number of nitrogens with two attached hydrogens (primary N) is 1. The Morgan fingerprint density at radius 1 is 1.44 bits per heavy atom. The van der Waals surface area contributed by atoms with Crippen LogP contribution < -0.4 is 11.1 Å². The van der Waals surface area contributed by atoms with Crippen molar-refractivity contribution in [2.75, 3.05) is 13.1 Å². The Balaban J connectivity index is 3.33. The second kappa shape index (κ2) is 3.85. The van der Waals surface area contributed by atoms with Gasteiger partial charge in [0, 0.05) is 12.1 Å². The van der Waals surface area contributed by atoms with Crippen LogP contribution >= 0.6 is 0 Å². The quantitative estimate of drug-likeness (QED) is 0.588. The maximum Gasteiger partial charge on any atom is 0.0249 e. The van der Waals surface area contributed by atoms with Crippen molar-refractivity contribution in [1.82, 2.24) is 5.32 Å². The fourth-order valence-electron chi connectivity index (χ4n) is 0.536. The molecule has 1 unspecified atom stereocenters. The van der Waals surface area contributed by atoms with Gasteiger partial charge < -0.3 is 11.1 Å². The standard InChI is InChI=1S/C7H18N2/c1-4-7(3,8)6-9-5-2/h9H,4-6,8H2,1-3H3. The number of hydrogen-bond donors (Lipinski definition) is 2. The van der Waals surface area contributed by atoms with Gasteiger partial charge in [-0.15, -0.1) is 0 Å². The first-order valence-electron chi connectivity index (χ1n) is 3.62. The van der Waals surface area contributed by atoms with Crippen molar-refractivity contribution in [3.8, 4) is 0 Å². The SMILES string of the molecule is CCNCC(C)(N)CC. The number of likely N-dealkylation sites (N-methyl/N-ethyl adjacent to an activating group) is 1. The Labute approximate surface area is 57.8 Å². The highest BCUT2D eigenvalue weighted by Gasteiger charge is 2.13. The van der Waals surface area contributed by atoms with Crippen molar-refractivity contribution >= 4 is 0 Å². The average Bonchev–Trinajstić information content (AvgIpc) is 1.84. The van der Waals surface area contributed by atoms with Gasteiger partial charge in [0.05, 0.1) is 0 Å². The highest BCUT2D eigenvalue weighted by molar-refractivity contribution is 4.78. The topological polar surface area (TPSA) is 38.0 Å². The summed E-state index contributed by atoms with van der Waals surface area (Å²) >= 11 is 0. The summed E-state index contributed by atoms with van der Waals surface area (Å²) in [5.41, 5.74) is 5.82. The monoisotopic (exact) mass is 130 g/mol. The van der Waals surface area contributed by atoms with Crippen LogP contribution in [0.3, 0.4) is 0 Å². The van der Waals surface area contributed by atoms with E-state index in [1.54, 1.807) is 0 Å². The predicted molar refractivity (Wildman–Crippen MR) is 41.4 cm³/mol. The van der Waals surface area contributed by atoms with Gasteiger partial charge in [0.25, 0.3) is 0 Å². The van der Waals surface area contributed by atoms with E-state index >= 15 is 0 Å². The second-order valence-electron chi connectivity index (χ2n) is 2.79.